The zero-order valence-corrected chi connectivity index (χ0v) is 29.6. The normalized spacial score (nSPS) is 48.5. The van der Waals surface area contributed by atoms with E-state index in [4.69, 9.17) is 0 Å². The third kappa shape index (κ3) is 5.31. The summed E-state index contributed by atoms with van der Waals surface area (Å²) in [5, 5.41) is 0. The summed E-state index contributed by atoms with van der Waals surface area (Å²) in [5.74, 6) is 10.5. The molecule has 1 saturated heterocycles. The van der Waals surface area contributed by atoms with Gasteiger partial charge in [0.15, 0.2) is 0 Å². The molecule has 4 aliphatic carbocycles. The van der Waals surface area contributed by atoms with Gasteiger partial charge in [-0.3, -0.25) is 0 Å². The Kier molecular flexibility index (Phi) is 13.7. The molecule has 0 aromatic heterocycles. The van der Waals surface area contributed by atoms with Crippen LogP contribution in [0, 0.1) is 88.9 Å². The predicted octanol–water partition coefficient (Wildman–Crippen LogP) is 10.4. The fraction of sp³-hybridized carbons (Fsp3) is 0.875. The van der Waals surface area contributed by atoms with Crippen LogP contribution in [0.2, 0.25) is 23.2 Å². The maximum absolute atomic E-state index is 2.74. The Morgan fingerprint density at radius 1 is 0.471 bits per heavy atom. The molecule has 0 spiro atoms. The van der Waals surface area contributed by atoms with E-state index in [1.165, 1.54) is 36.8 Å². The fourth-order valence-corrected chi connectivity index (χ4v) is 20.3. The topological polar surface area (TPSA) is 0 Å². The molecule has 1 heterocycles. The van der Waals surface area contributed by atoms with Gasteiger partial charge in [-0.05, 0) is 83.1 Å². The summed E-state index contributed by atoms with van der Waals surface area (Å²) in [7, 11) is -1.25. The molecule has 5 fully saturated rings. The van der Waals surface area contributed by atoms with Gasteiger partial charge in [0.2, 0.25) is 0 Å². The van der Waals surface area contributed by atoms with Crippen molar-refractivity contribution < 1.29 is 25.8 Å². The first-order chi connectivity index (χ1) is 13.8. The van der Waals surface area contributed by atoms with Crippen molar-refractivity contribution in [2.75, 3.05) is 0 Å². The van der Waals surface area contributed by atoms with Crippen LogP contribution in [-0.4, -0.2) is 8.07 Å². The van der Waals surface area contributed by atoms with Crippen LogP contribution in [0.15, 0.2) is 0 Å². The zero-order valence-electron chi connectivity index (χ0n) is 25.0. The number of hydrogen-bond acceptors (Lipinski definition) is 0. The quantitative estimate of drug-likeness (QED) is 0.206. The van der Waals surface area contributed by atoms with Crippen LogP contribution in [0.25, 0.3) is 0 Å². The van der Waals surface area contributed by atoms with Crippen molar-refractivity contribution in [1.29, 1.82) is 0 Å². The van der Waals surface area contributed by atoms with E-state index in [-0.39, 0.29) is 55.5 Å². The van der Waals surface area contributed by atoms with Crippen LogP contribution in [-0.2, 0) is 25.8 Å². The maximum Gasteiger partial charge on any atom is 4.00 e. The van der Waals surface area contributed by atoms with Crippen molar-refractivity contribution in [2.45, 2.75) is 116 Å². The van der Waals surface area contributed by atoms with Gasteiger partial charge in [-0.25, -0.2) is 0 Å². The summed E-state index contributed by atoms with van der Waals surface area (Å²) in [5.41, 5.74) is 2.37. The van der Waals surface area contributed by atoms with E-state index in [9.17, 15) is 0 Å². The van der Waals surface area contributed by atoms with Gasteiger partial charge in [0.25, 0.3) is 0 Å². The van der Waals surface area contributed by atoms with Gasteiger partial charge in [-0.1, -0.05) is 92.2 Å². The second-order valence-corrected chi connectivity index (χ2v) is 18.3. The second-order valence-electron chi connectivity index (χ2n) is 13.5. The molecule has 0 N–H and O–H groups in total. The summed E-state index contributed by atoms with van der Waals surface area (Å²) in [6.45, 7) is 16.1. The molecule has 5 rings (SSSR count). The van der Waals surface area contributed by atoms with E-state index in [1.54, 1.807) is 37.8 Å². The Morgan fingerprint density at radius 2 is 0.794 bits per heavy atom. The first kappa shape index (κ1) is 35.1. The monoisotopic (exact) mass is 654 g/mol. The van der Waals surface area contributed by atoms with Crippen molar-refractivity contribution in [3.63, 3.8) is 0 Å². The fourth-order valence-electron chi connectivity index (χ4n) is 11.2. The number of hydrogen-bond donors (Lipinski definition) is 0. The van der Waals surface area contributed by atoms with E-state index in [0.717, 1.165) is 59.2 Å². The van der Waals surface area contributed by atoms with Crippen molar-refractivity contribution >= 4 is 8.07 Å². The minimum Gasteiger partial charge on any atom is -0.358 e. The van der Waals surface area contributed by atoms with Crippen LogP contribution < -0.4 is 0 Å². The van der Waals surface area contributed by atoms with Crippen LogP contribution in [0.5, 0.6) is 0 Å². The molecule has 34 heavy (non-hydrogen) atoms. The van der Waals surface area contributed by atoms with Gasteiger partial charge < -0.3 is 29.7 Å². The van der Waals surface area contributed by atoms with E-state index in [0.29, 0.717) is 0 Å². The molecule has 0 radical (unpaired) electrons. The number of fused-ring (bicyclic) bond motifs is 2. The van der Waals surface area contributed by atoms with E-state index >= 15 is 0 Å². The molecular formula is C32H62HfSi. The van der Waals surface area contributed by atoms with Crippen LogP contribution in [0.3, 0.4) is 0 Å². The standard InChI is InChI=1S/C28H50Si.4CH3.Hf/c1-17-9-11-19(3)25-23(17)15-21(5)27(25)29(13-7-8-14-29)28-22(6)16-24-18(2)10-12-20(4)26(24)28;;;;;/h17-28H,7-16H2,1-6H3;4*1H3;/q;4*-1;+4. The average molecular weight is 653 g/mol. The molecule has 5 aliphatic rings. The molecule has 0 aromatic carbocycles. The summed E-state index contributed by atoms with van der Waals surface area (Å²) >= 11 is 0. The summed E-state index contributed by atoms with van der Waals surface area (Å²) in [4.78, 5) is 0. The molecule has 0 nitrogen and oxygen atoms in total. The van der Waals surface area contributed by atoms with Gasteiger partial charge >= 0.3 is 25.8 Å². The van der Waals surface area contributed by atoms with Gasteiger partial charge in [0.1, 0.15) is 0 Å². The van der Waals surface area contributed by atoms with E-state index in [2.05, 4.69) is 41.5 Å². The first-order valence-electron chi connectivity index (χ1n) is 13.8. The molecule has 12 atom stereocenters. The molecule has 198 valence electrons. The van der Waals surface area contributed by atoms with Gasteiger partial charge in [-0.15, -0.1) is 0 Å². The molecule has 2 heteroatoms. The third-order valence-electron chi connectivity index (χ3n) is 12.1. The summed E-state index contributed by atoms with van der Waals surface area (Å²) in [6.07, 6.45) is 12.5. The van der Waals surface area contributed by atoms with Crippen molar-refractivity contribution in [3.8, 4) is 0 Å². The molecule has 1 aliphatic heterocycles. The second kappa shape index (κ2) is 13.2. The predicted molar refractivity (Wildman–Crippen MR) is 154 cm³/mol. The minimum absolute atomic E-state index is 0. The van der Waals surface area contributed by atoms with Gasteiger partial charge in [0.05, 0.1) is 8.07 Å². The van der Waals surface area contributed by atoms with Gasteiger partial charge in [0, 0.05) is 0 Å². The SMILES string of the molecule is CC1CCC(C)C2C1CC(C)C2[Si]1(C2C(C)CC3C(C)CCC(C)C32)CCCC1.[CH3-].[CH3-].[CH3-].[CH3-].[Hf+4]. The van der Waals surface area contributed by atoms with Crippen LogP contribution in [0.4, 0.5) is 0 Å². The Morgan fingerprint density at radius 3 is 1.15 bits per heavy atom. The smallest absolute Gasteiger partial charge is 0.358 e. The Labute approximate surface area is 237 Å². The zero-order chi connectivity index (χ0) is 20.5. The van der Waals surface area contributed by atoms with E-state index < -0.39 is 8.07 Å². The largest absolute Gasteiger partial charge is 4.00 e. The third-order valence-corrected chi connectivity index (χ3v) is 19.3. The van der Waals surface area contributed by atoms with Crippen molar-refractivity contribution in [2.24, 2.45) is 59.2 Å². The first-order valence-corrected chi connectivity index (χ1v) is 16.4. The van der Waals surface area contributed by atoms with Crippen LogP contribution in [0.1, 0.15) is 92.9 Å². The van der Waals surface area contributed by atoms with Gasteiger partial charge in [-0.2, -0.15) is 0 Å². The molecule has 4 saturated carbocycles. The molecule has 0 bridgehead atoms. The Balaban J connectivity index is 0.00000218. The Hall–Kier alpha value is 1.09. The molecular weight excluding hydrogens is 591 g/mol. The molecule has 0 aromatic rings. The summed E-state index contributed by atoms with van der Waals surface area (Å²) in [6, 6.07) is 3.46. The molecule has 12 unspecified atom stereocenters. The number of rotatable bonds is 2. The average Bonchev–Trinajstić information content (AvgIpc) is 3.37. The van der Waals surface area contributed by atoms with Crippen LogP contribution >= 0.6 is 0 Å². The van der Waals surface area contributed by atoms with Crippen molar-refractivity contribution in [3.05, 3.63) is 29.7 Å². The minimum atomic E-state index is -1.25. The van der Waals surface area contributed by atoms with E-state index in [1.807, 2.05) is 0 Å². The summed E-state index contributed by atoms with van der Waals surface area (Å²) < 4.78 is 0. The Bertz CT molecular complexity index is 552. The maximum atomic E-state index is 2.74. The molecule has 0 amide bonds. The van der Waals surface area contributed by atoms with Crippen molar-refractivity contribution in [1.82, 2.24) is 0 Å².